The summed E-state index contributed by atoms with van der Waals surface area (Å²) < 4.78 is 33.1. The van der Waals surface area contributed by atoms with Crippen LogP contribution in [0, 0.1) is 13.8 Å². The summed E-state index contributed by atoms with van der Waals surface area (Å²) in [7, 11) is -2.12. The van der Waals surface area contributed by atoms with E-state index in [1.165, 1.54) is 6.20 Å². The maximum absolute atomic E-state index is 12.6. The molecule has 0 amide bonds. The molecule has 0 bridgehead atoms. The second kappa shape index (κ2) is 7.53. The van der Waals surface area contributed by atoms with E-state index in [2.05, 4.69) is 21.9 Å². The van der Waals surface area contributed by atoms with Gasteiger partial charge >= 0.3 is 0 Å². The largest absolute Gasteiger partial charge is 0.496 e. The minimum atomic E-state index is -3.69. The molecule has 2 rings (SSSR count). The van der Waals surface area contributed by atoms with Crippen LogP contribution in [-0.4, -0.2) is 27.1 Å². The van der Waals surface area contributed by atoms with Crippen LogP contribution in [-0.2, 0) is 10.0 Å². The summed E-state index contributed by atoms with van der Waals surface area (Å²) in [6.07, 6.45) is 2.49. The molecule has 0 spiro atoms. The van der Waals surface area contributed by atoms with E-state index in [4.69, 9.17) is 4.74 Å². The minimum absolute atomic E-state index is 0.231. The molecule has 7 heteroatoms. The third-order valence-corrected chi connectivity index (χ3v) is 5.08. The van der Waals surface area contributed by atoms with E-state index >= 15 is 0 Å². The molecule has 1 aromatic heterocycles. The molecule has 0 unspecified atom stereocenters. The number of ether oxygens (including phenoxy) is 1. The Hall–Kier alpha value is -2.28. The Bertz CT molecular complexity index is 803. The van der Waals surface area contributed by atoms with Crippen molar-refractivity contribution in [3.63, 3.8) is 0 Å². The number of sulfonamides is 1. The molecular formula is C17H23N3O3S. The summed E-state index contributed by atoms with van der Waals surface area (Å²) in [6, 6.07) is 6.77. The average Bonchev–Trinajstić information content (AvgIpc) is 2.55. The fourth-order valence-corrected chi connectivity index (χ4v) is 3.65. The molecule has 1 aromatic carbocycles. The first-order valence-corrected chi connectivity index (χ1v) is 9.23. The highest BCUT2D eigenvalue weighted by molar-refractivity contribution is 7.92. The highest BCUT2D eigenvalue weighted by Gasteiger charge is 2.19. The topological polar surface area (TPSA) is 80.3 Å². The molecule has 0 aliphatic heterocycles. The Morgan fingerprint density at radius 1 is 1.17 bits per heavy atom. The van der Waals surface area contributed by atoms with Crippen LogP contribution in [0.1, 0.15) is 24.5 Å². The SMILES string of the molecule is CCCNc1ccc(NS(=O)(=O)c2cc(C)c(OC)cc2C)cn1. The van der Waals surface area contributed by atoms with Crippen LogP contribution < -0.4 is 14.8 Å². The summed E-state index contributed by atoms with van der Waals surface area (Å²) in [5.74, 6) is 1.38. The second-order valence-corrected chi connectivity index (χ2v) is 7.20. The van der Waals surface area contributed by atoms with Gasteiger partial charge in [0.25, 0.3) is 10.0 Å². The Labute approximate surface area is 143 Å². The number of benzene rings is 1. The summed E-state index contributed by atoms with van der Waals surface area (Å²) >= 11 is 0. The van der Waals surface area contributed by atoms with Gasteiger partial charge in [0, 0.05) is 6.54 Å². The van der Waals surface area contributed by atoms with E-state index in [-0.39, 0.29) is 4.90 Å². The Morgan fingerprint density at radius 2 is 1.92 bits per heavy atom. The Morgan fingerprint density at radius 3 is 2.50 bits per heavy atom. The predicted octanol–water partition coefficient (Wildman–Crippen LogP) is 3.33. The molecule has 0 saturated heterocycles. The first-order valence-electron chi connectivity index (χ1n) is 7.75. The number of pyridine rings is 1. The maximum atomic E-state index is 12.6. The lowest BCUT2D eigenvalue weighted by Crippen LogP contribution is -2.15. The van der Waals surface area contributed by atoms with Crippen LogP contribution in [0.5, 0.6) is 5.75 Å². The van der Waals surface area contributed by atoms with Crippen LogP contribution in [0.15, 0.2) is 35.4 Å². The molecule has 2 aromatic rings. The zero-order valence-electron chi connectivity index (χ0n) is 14.4. The molecular weight excluding hydrogens is 326 g/mol. The number of hydrogen-bond donors (Lipinski definition) is 2. The fourth-order valence-electron chi connectivity index (χ4n) is 2.29. The summed E-state index contributed by atoms with van der Waals surface area (Å²) in [5.41, 5.74) is 1.81. The van der Waals surface area contributed by atoms with Gasteiger partial charge in [-0.15, -0.1) is 0 Å². The van der Waals surface area contributed by atoms with Gasteiger partial charge in [0.1, 0.15) is 11.6 Å². The second-order valence-electron chi connectivity index (χ2n) is 5.55. The van der Waals surface area contributed by atoms with Crippen LogP contribution in [0.25, 0.3) is 0 Å². The Kier molecular flexibility index (Phi) is 5.66. The van der Waals surface area contributed by atoms with Gasteiger partial charge in [0.05, 0.1) is 23.9 Å². The standard InChI is InChI=1S/C17H23N3O3S/c1-5-8-18-17-7-6-14(11-19-17)20-24(21,22)16-10-12(2)15(23-4)9-13(16)3/h6-7,9-11,20H,5,8H2,1-4H3,(H,18,19). The van der Waals surface area contributed by atoms with Gasteiger partial charge in [-0.25, -0.2) is 13.4 Å². The number of nitrogens with zero attached hydrogens (tertiary/aromatic N) is 1. The minimum Gasteiger partial charge on any atom is -0.496 e. The third kappa shape index (κ3) is 4.17. The number of hydrogen-bond acceptors (Lipinski definition) is 5. The van der Waals surface area contributed by atoms with Crippen molar-refractivity contribution in [1.82, 2.24) is 4.98 Å². The molecule has 2 N–H and O–H groups in total. The first kappa shape index (κ1) is 18.1. The molecule has 0 radical (unpaired) electrons. The predicted molar refractivity (Wildman–Crippen MR) is 96.3 cm³/mol. The number of anilines is 2. The lowest BCUT2D eigenvalue weighted by atomic mass is 10.1. The molecule has 0 aliphatic rings. The van der Waals surface area contributed by atoms with Crippen molar-refractivity contribution in [2.24, 2.45) is 0 Å². The van der Waals surface area contributed by atoms with Crippen molar-refractivity contribution < 1.29 is 13.2 Å². The number of aromatic nitrogens is 1. The van der Waals surface area contributed by atoms with E-state index in [1.807, 2.05) is 6.92 Å². The van der Waals surface area contributed by atoms with Crippen LogP contribution in [0.3, 0.4) is 0 Å². The summed E-state index contributed by atoms with van der Waals surface area (Å²) in [5, 5.41) is 3.14. The smallest absolute Gasteiger partial charge is 0.262 e. The lowest BCUT2D eigenvalue weighted by Gasteiger charge is -2.13. The van der Waals surface area contributed by atoms with E-state index in [0.717, 1.165) is 24.3 Å². The number of rotatable bonds is 7. The molecule has 0 atom stereocenters. The number of methoxy groups -OCH3 is 1. The van der Waals surface area contributed by atoms with Crippen molar-refractivity contribution in [1.29, 1.82) is 0 Å². The summed E-state index contributed by atoms with van der Waals surface area (Å²) in [4.78, 5) is 4.43. The van der Waals surface area contributed by atoms with Crippen molar-refractivity contribution in [2.45, 2.75) is 32.1 Å². The van der Waals surface area contributed by atoms with Crippen LogP contribution >= 0.6 is 0 Å². The molecule has 0 saturated carbocycles. The lowest BCUT2D eigenvalue weighted by molar-refractivity contribution is 0.411. The number of aryl methyl sites for hydroxylation is 2. The van der Waals surface area contributed by atoms with E-state index < -0.39 is 10.0 Å². The maximum Gasteiger partial charge on any atom is 0.262 e. The third-order valence-electron chi connectivity index (χ3n) is 3.55. The highest BCUT2D eigenvalue weighted by atomic mass is 32.2. The normalized spacial score (nSPS) is 11.2. The van der Waals surface area contributed by atoms with Crippen molar-refractivity contribution >= 4 is 21.5 Å². The highest BCUT2D eigenvalue weighted by Crippen LogP contribution is 2.27. The molecule has 24 heavy (non-hydrogen) atoms. The van der Waals surface area contributed by atoms with Gasteiger partial charge < -0.3 is 10.1 Å². The van der Waals surface area contributed by atoms with Crippen molar-refractivity contribution in [3.05, 3.63) is 41.6 Å². The average molecular weight is 349 g/mol. The van der Waals surface area contributed by atoms with Crippen molar-refractivity contribution in [3.8, 4) is 5.75 Å². The summed E-state index contributed by atoms with van der Waals surface area (Å²) in [6.45, 7) is 6.44. The van der Waals surface area contributed by atoms with Gasteiger partial charge in [0.2, 0.25) is 0 Å². The van der Waals surface area contributed by atoms with E-state index in [0.29, 0.717) is 17.0 Å². The molecule has 1 heterocycles. The molecule has 0 aliphatic carbocycles. The van der Waals surface area contributed by atoms with Gasteiger partial charge in [-0.05, 0) is 55.7 Å². The van der Waals surface area contributed by atoms with Crippen LogP contribution in [0.2, 0.25) is 0 Å². The first-order chi connectivity index (χ1) is 11.4. The zero-order valence-corrected chi connectivity index (χ0v) is 15.2. The molecule has 130 valence electrons. The van der Waals surface area contributed by atoms with Crippen LogP contribution in [0.4, 0.5) is 11.5 Å². The van der Waals surface area contributed by atoms with Crippen molar-refractivity contribution in [2.75, 3.05) is 23.7 Å². The van der Waals surface area contributed by atoms with Gasteiger partial charge in [-0.1, -0.05) is 6.92 Å². The zero-order chi connectivity index (χ0) is 17.7. The fraction of sp³-hybridized carbons (Fsp3) is 0.353. The van der Waals surface area contributed by atoms with E-state index in [1.54, 1.807) is 38.3 Å². The van der Waals surface area contributed by atoms with Gasteiger partial charge in [-0.2, -0.15) is 0 Å². The monoisotopic (exact) mass is 349 g/mol. The Balaban J connectivity index is 2.24. The quantitative estimate of drug-likeness (QED) is 0.801. The van der Waals surface area contributed by atoms with E-state index in [9.17, 15) is 8.42 Å². The molecule has 0 fully saturated rings. The molecule has 6 nitrogen and oxygen atoms in total. The number of nitrogens with one attached hydrogen (secondary N) is 2. The van der Waals surface area contributed by atoms with Gasteiger partial charge in [-0.3, -0.25) is 4.72 Å². The van der Waals surface area contributed by atoms with Gasteiger partial charge in [0.15, 0.2) is 0 Å².